The Labute approximate surface area is 166 Å². The molecule has 0 unspecified atom stereocenters. The third kappa shape index (κ3) is 3.48. The molecule has 0 saturated heterocycles. The molecule has 29 heavy (non-hydrogen) atoms. The Balaban J connectivity index is 1.65. The van der Waals surface area contributed by atoms with Gasteiger partial charge in [0.05, 0.1) is 28.9 Å². The standard InChI is InChI=1S/C21H20N6O2/c1-11-24-16-5-4-14(8-18(16)25-11)26-21(23)15(9-22)20(29)19-7-13-3-2-12(10-28)6-17(13)27-19/h2-9,22,26-28H,10,23H2,1H3,(H,24,25)/b21-15+,22-9?. The van der Waals surface area contributed by atoms with Crippen LogP contribution in [0.1, 0.15) is 21.9 Å². The lowest BCUT2D eigenvalue weighted by atomic mass is 10.1. The molecule has 8 heteroatoms. The number of imidazole rings is 1. The third-order valence-corrected chi connectivity index (χ3v) is 4.67. The zero-order valence-electron chi connectivity index (χ0n) is 15.7. The number of aryl methyl sites for hydroxylation is 1. The quantitative estimate of drug-likeness (QED) is 0.171. The maximum Gasteiger partial charge on any atom is 0.214 e. The zero-order valence-corrected chi connectivity index (χ0v) is 15.7. The summed E-state index contributed by atoms with van der Waals surface area (Å²) in [5.41, 5.74) is 10.3. The van der Waals surface area contributed by atoms with Crippen molar-refractivity contribution in [2.75, 3.05) is 5.32 Å². The predicted molar refractivity (Wildman–Crippen MR) is 113 cm³/mol. The van der Waals surface area contributed by atoms with Crippen LogP contribution < -0.4 is 11.1 Å². The molecule has 8 nitrogen and oxygen atoms in total. The van der Waals surface area contributed by atoms with E-state index in [1.165, 1.54) is 0 Å². The molecule has 2 aromatic heterocycles. The van der Waals surface area contributed by atoms with E-state index in [4.69, 9.17) is 11.1 Å². The van der Waals surface area contributed by atoms with Crippen LogP contribution >= 0.6 is 0 Å². The first kappa shape index (κ1) is 18.5. The number of nitrogens with zero attached hydrogens (tertiary/aromatic N) is 1. The molecule has 0 saturated carbocycles. The van der Waals surface area contributed by atoms with Gasteiger partial charge in [-0.25, -0.2) is 4.98 Å². The lowest BCUT2D eigenvalue weighted by Gasteiger charge is -2.09. The summed E-state index contributed by atoms with van der Waals surface area (Å²) < 4.78 is 0. The van der Waals surface area contributed by atoms with E-state index in [2.05, 4.69) is 20.3 Å². The van der Waals surface area contributed by atoms with Gasteiger partial charge >= 0.3 is 0 Å². The van der Waals surface area contributed by atoms with Crippen molar-refractivity contribution in [3.8, 4) is 0 Å². The van der Waals surface area contributed by atoms with Gasteiger partial charge in [-0.3, -0.25) is 4.79 Å². The summed E-state index contributed by atoms with van der Waals surface area (Å²) in [6.07, 6.45) is 0.939. The Kier molecular flexibility index (Phi) is 4.61. The second kappa shape index (κ2) is 7.25. The smallest absolute Gasteiger partial charge is 0.214 e. The second-order valence-electron chi connectivity index (χ2n) is 6.74. The number of aromatic amines is 2. The number of hydrogen-bond donors (Lipinski definition) is 6. The highest BCUT2D eigenvalue weighted by molar-refractivity contribution is 6.21. The Morgan fingerprint density at radius 2 is 2.03 bits per heavy atom. The number of aromatic nitrogens is 3. The molecular weight excluding hydrogens is 368 g/mol. The predicted octanol–water partition coefficient (Wildman–Crippen LogP) is 2.96. The number of rotatable bonds is 6. The van der Waals surface area contributed by atoms with Gasteiger partial charge in [0.2, 0.25) is 5.78 Å². The lowest BCUT2D eigenvalue weighted by Crippen LogP contribution is -2.18. The number of nitrogens with one attached hydrogen (secondary N) is 4. The van der Waals surface area contributed by atoms with E-state index < -0.39 is 5.78 Å². The Bertz CT molecular complexity index is 1280. The van der Waals surface area contributed by atoms with Gasteiger partial charge in [-0.1, -0.05) is 12.1 Å². The fourth-order valence-corrected chi connectivity index (χ4v) is 3.24. The van der Waals surface area contributed by atoms with E-state index in [0.717, 1.165) is 39.5 Å². The first-order valence-electron chi connectivity index (χ1n) is 8.99. The van der Waals surface area contributed by atoms with Crippen molar-refractivity contribution in [1.29, 1.82) is 5.41 Å². The fourth-order valence-electron chi connectivity index (χ4n) is 3.24. The van der Waals surface area contributed by atoms with E-state index in [9.17, 15) is 9.90 Å². The van der Waals surface area contributed by atoms with Gasteiger partial charge in [-0.05, 0) is 42.8 Å². The van der Waals surface area contributed by atoms with E-state index in [1.807, 2.05) is 25.1 Å². The molecule has 0 aliphatic carbocycles. The van der Waals surface area contributed by atoms with Gasteiger partial charge in [0.1, 0.15) is 11.6 Å². The highest BCUT2D eigenvalue weighted by Crippen LogP contribution is 2.21. The van der Waals surface area contributed by atoms with Crippen LogP contribution in [0.15, 0.2) is 53.9 Å². The van der Waals surface area contributed by atoms with Crippen LogP contribution in [-0.2, 0) is 6.61 Å². The number of H-pyrrole nitrogens is 2. The maximum absolute atomic E-state index is 12.9. The number of carbonyl (C=O) groups excluding carboxylic acids is 1. The normalized spacial score (nSPS) is 12.2. The van der Waals surface area contributed by atoms with Crippen molar-refractivity contribution in [3.05, 3.63) is 70.9 Å². The molecule has 2 heterocycles. The number of aliphatic hydroxyl groups is 1. The number of anilines is 1. The molecule has 7 N–H and O–H groups in total. The molecule has 0 aliphatic rings. The van der Waals surface area contributed by atoms with Crippen LogP contribution in [0.4, 0.5) is 5.69 Å². The topological polar surface area (TPSA) is 144 Å². The molecular formula is C21H20N6O2. The minimum atomic E-state index is -0.398. The summed E-state index contributed by atoms with van der Waals surface area (Å²) in [5.74, 6) is 0.486. The SMILES string of the molecule is Cc1nc2ccc(N/C(N)=C(\C=N)C(=O)c3cc4ccc(CO)cc4[nH]3)cc2[nH]1. The van der Waals surface area contributed by atoms with E-state index in [0.29, 0.717) is 11.4 Å². The number of hydrogen-bond acceptors (Lipinski definition) is 6. The van der Waals surface area contributed by atoms with Crippen molar-refractivity contribution in [2.24, 2.45) is 5.73 Å². The molecule has 0 amide bonds. The molecule has 0 fully saturated rings. The van der Waals surface area contributed by atoms with E-state index in [-0.39, 0.29) is 18.0 Å². The zero-order chi connectivity index (χ0) is 20.5. The highest BCUT2D eigenvalue weighted by atomic mass is 16.3. The fraction of sp³-hybridized carbons (Fsp3) is 0.0952. The van der Waals surface area contributed by atoms with Crippen molar-refractivity contribution >= 4 is 39.6 Å². The van der Waals surface area contributed by atoms with Crippen LogP contribution in [-0.4, -0.2) is 32.1 Å². The molecule has 4 rings (SSSR count). The number of aliphatic hydroxyl groups excluding tert-OH is 1. The summed E-state index contributed by atoms with van der Waals surface area (Å²) in [7, 11) is 0. The van der Waals surface area contributed by atoms with Gasteiger partial charge < -0.3 is 31.5 Å². The summed E-state index contributed by atoms with van der Waals surface area (Å²) >= 11 is 0. The van der Waals surface area contributed by atoms with Crippen LogP contribution in [0.25, 0.3) is 21.9 Å². The van der Waals surface area contributed by atoms with Gasteiger partial charge in [0, 0.05) is 22.8 Å². The average Bonchev–Trinajstić information content (AvgIpc) is 3.29. The Morgan fingerprint density at radius 1 is 1.21 bits per heavy atom. The number of Topliss-reactive ketones (excluding diaryl/α,β-unsaturated/α-hetero) is 1. The van der Waals surface area contributed by atoms with Crippen LogP contribution in [0.3, 0.4) is 0 Å². The molecule has 0 bridgehead atoms. The first-order valence-corrected chi connectivity index (χ1v) is 8.99. The number of nitrogens with two attached hydrogens (primary N) is 1. The monoisotopic (exact) mass is 388 g/mol. The summed E-state index contributed by atoms with van der Waals surface area (Å²) in [6.45, 7) is 1.79. The molecule has 0 atom stereocenters. The Morgan fingerprint density at radius 3 is 2.79 bits per heavy atom. The summed E-state index contributed by atoms with van der Waals surface area (Å²) in [6, 6.07) is 12.6. The van der Waals surface area contributed by atoms with Gasteiger partial charge in [0.15, 0.2) is 0 Å². The second-order valence-corrected chi connectivity index (χ2v) is 6.74. The van der Waals surface area contributed by atoms with Crippen molar-refractivity contribution in [1.82, 2.24) is 15.0 Å². The Hall–Kier alpha value is -3.91. The summed E-state index contributed by atoms with van der Waals surface area (Å²) in [5, 5.41) is 20.8. The van der Waals surface area contributed by atoms with Gasteiger partial charge in [-0.15, -0.1) is 0 Å². The van der Waals surface area contributed by atoms with E-state index in [1.54, 1.807) is 24.3 Å². The molecule has 2 aromatic carbocycles. The third-order valence-electron chi connectivity index (χ3n) is 4.67. The lowest BCUT2D eigenvalue weighted by molar-refractivity contribution is 0.103. The number of ketones is 1. The van der Waals surface area contributed by atoms with Crippen molar-refractivity contribution in [2.45, 2.75) is 13.5 Å². The minimum Gasteiger partial charge on any atom is -0.392 e. The largest absolute Gasteiger partial charge is 0.392 e. The number of fused-ring (bicyclic) bond motifs is 2. The van der Waals surface area contributed by atoms with Gasteiger partial charge in [0.25, 0.3) is 0 Å². The molecule has 0 radical (unpaired) electrons. The highest BCUT2D eigenvalue weighted by Gasteiger charge is 2.17. The number of carbonyl (C=O) groups is 1. The van der Waals surface area contributed by atoms with Crippen molar-refractivity contribution < 1.29 is 9.90 Å². The van der Waals surface area contributed by atoms with Gasteiger partial charge in [-0.2, -0.15) is 0 Å². The maximum atomic E-state index is 12.9. The molecule has 4 aromatic rings. The molecule has 146 valence electrons. The average molecular weight is 388 g/mol. The van der Waals surface area contributed by atoms with Crippen molar-refractivity contribution in [3.63, 3.8) is 0 Å². The number of allylic oxidation sites excluding steroid dienone is 1. The number of benzene rings is 2. The van der Waals surface area contributed by atoms with Crippen LogP contribution in [0.5, 0.6) is 0 Å². The van der Waals surface area contributed by atoms with Crippen LogP contribution in [0.2, 0.25) is 0 Å². The minimum absolute atomic E-state index is 0.0415. The first-order chi connectivity index (χ1) is 14.0. The van der Waals surface area contributed by atoms with E-state index >= 15 is 0 Å². The summed E-state index contributed by atoms with van der Waals surface area (Å²) in [4.78, 5) is 23.5. The van der Waals surface area contributed by atoms with Crippen LogP contribution in [0, 0.1) is 12.3 Å². The molecule has 0 aliphatic heterocycles. The molecule has 0 spiro atoms.